The molecule has 1 aliphatic rings. The number of pyridine rings is 1. The fraction of sp³-hybridized carbons (Fsp3) is 0.400. The summed E-state index contributed by atoms with van der Waals surface area (Å²) in [5.41, 5.74) is 2.72. The lowest BCUT2D eigenvalue weighted by molar-refractivity contribution is -0.199. The molecule has 1 atom stereocenters. The monoisotopic (exact) mass is 394 g/mol. The van der Waals surface area contributed by atoms with Crippen LogP contribution in [0.4, 0.5) is 13.2 Å². The largest absolute Gasteiger partial charge is 0.490 e. The highest BCUT2D eigenvalue weighted by Crippen LogP contribution is 2.27. The van der Waals surface area contributed by atoms with Gasteiger partial charge in [-0.2, -0.15) is 13.2 Å². The lowest BCUT2D eigenvalue weighted by Crippen LogP contribution is -2.46. The number of aromatic nitrogens is 1. The molecule has 1 fully saturated rings. The molecule has 0 bridgehead atoms. The third-order valence-corrected chi connectivity index (χ3v) is 4.47. The number of nitrogens with zero attached hydrogens (tertiary/aromatic N) is 1. The zero-order valence-electron chi connectivity index (χ0n) is 15.2. The van der Waals surface area contributed by atoms with E-state index in [2.05, 4.69) is 15.0 Å². The Labute approximate surface area is 160 Å². The number of hydrogen-bond donors (Lipinski definition) is 1. The molecule has 8 heteroatoms. The molecule has 1 N–H and O–H groups in total. The van der Waals surface area contributed by atoms with E-state index in [1.165, 1.54) is 0 Å². The number of alkyl halides is 3. The maximum atomic E-state index is 12.2. The number of carbonyl (C=O) groups is 1. The van der Waals surface area contributed by atoms with Crippen LogP contribution in [0.15, 0.2) is 42.7 Å². The average molecular weight is 394 g/mol. The highest BCUT2D eigenvalue weighted by Gasteiger charge is 2.40. The predicted molar refractivity (Wildman–Crippen MR) is 96.9 cm³/mol. The second-order valence-corrected chi connectivity index (χ2v) is 6.55. The lowest BCUT2D eigenvalue weighted by atomic mass is 9.98. The maximum absolute atomic E-state index is 12.2. The molecule has 2 aromatic rings. The van der Waals surface area contributed by atoms with Gasteiger partial charge in [0.05, 0.1) is 12.8 Å². The molecule has 3 rings (SSSR count). The zero-order chi connectivity index (χ0) is 20.0. The number of halogens is 3. The second kappa shape index (κ2) is 9.05. The SMILES string of the molecule is O=C(OCCCc1ccccc1-c1cncc(OCC2CCN2)c1)C(F)(F)F. The van der Waals surface area contributed by atoms with Crippen molar-refractivity contribution in [2.45, 2.75) is 31.5 Å². The van der Waals surface area contributed by atoms with Gasteiger partial charge >= 0.3 is 12.1 Å². The third-order valence-electron chi connectivity index (χ3n) is 4.47. The molecule has 0 saturated carbocycles. The lowest BCUT2D eigenvalue weighted by Gasteiger charge is -2.27. The van der Waals surface area contributed by atoms with E-state index in [9.17, 15) is 18.0 Å². The van der Waals surface area contributed by atoms with E-state index in [4.69, 9.17) is 4.74 Å². The standard InChI is InChI=1S/C20H21F3N2O3/c21-20(22,23)19(26)27-9-3-5-14-4-1-2-6-18(14)15-10-17(12-24-11-15)28-13-16-7-8-25-16/h1-2,4,6,10-12,16,25H,3,5,7-9,13H2. The molecular formula is C20H21F3N2O3. The normalized spacial score (nSPS) is 16.3. The molecule has 0 radical (unpaired) electrons. The average Bonchev–Trinajstić information content (AvgIpc) is 2.63. The molecule has 0 amide bonds. The molecule has 0 aliphatic carbocycles. The number of hydrogen-bond acceptors (Lipinski definition) is 5. The summed E-state index contributed by atoms with van der Waals surface area (Å²) in [6, 6.07) is 9.83. The molecule has 0 spiro atoms. The van der Waals surface area contributed by atoms with Crippen molar-refractivity contribution in [2.24, 2.45) is 0 Å². The Morgan fingerprint density at radius 2 is 2.04 bits per heavy atom. The molecule has 1 aromatic carbocycles. The van der Waals surface area contributed by atoms with Crippen molar-refractivity contribution in [3.05, 3.63) is 48.3 Å². The third kappa shape index (κ3) is 5.45. The minimum Gasteiger partial charge on any atom is -0.490 e. The van der Waals surface area contributed by atoms with Gasteiger partial charge in [-0.3, -0.25) is 4.98 Å². The van der Waals surface area contributed by atoms with Crippen LogP contribution in [0.25, 0.3) is 11.1 Å². The number of benzene rings is 1. The Morgan fingerprint density at radius 3 is 2.75 bits per heavy atom. The molecular weight excluding hydrogens is 373 g/mol. The number of carbonyl (C=O) groups excluding carboxylic acids is 1. The minimum atomic E-state index is -4.96. The van der Waals surface area contributed by atoms with Crippen molar-refractivity contribution < 1.29 is 27.4 Å². The van der Waals surface area contributed by atoms with Gasteiger partial charge < -0.3 is 14.8 Å². The molecule has 28 heavy (non-hydrogen) atoms. The summed E-state index contributed by atoms with van der Waals surface area (Å²) in [5, 5.41) is 3.27. The van der Waals surface area contributed by atoms with Crippen LogP contribution in [-0.4, -0.2) is 42.9 Å². The molecule has 1 unspecified atom stereocenters. The minimum absolute atomic E-state index is 0.288. The number of aryl methyl sites for hydroxylation is 1. The van der Waals surface area contributed by atoms with E-state index >= 15 is 0 Å². The first kappa shape index (κ1) is 20.1. The molecule has 150 valence electrons. The number of rotatable bonds is 8. The number of esters is 1. The smallest absolute Gasteiger partial charge is 0.490 e. The molecule has 1 aliphatic heterocycles. The van der Waals surface area contributed by atoms with Gasteiger partial charge in [-0.25, -0.2) is 4.79 Å². The van der Waals surface area contributed by atoms with Crippen LogP contribution in [0.1, 0.15) is 18.4 Å². The van der Waals surface area contributed by atoms with Crippen molar-refractivity contribution in [1.82, 2.24) is 10.3 Å². The van der Waals surface area contributed by atoms with Crippen LogP contribution in [0.5, 0.6) is 5.75 Å². The summed E-state index contributed by atoms with van der Waals surface area (Å²) < 4.78 is 46.5. The second-order valence-electron chi connectivity index (χ2n) is 6.55. The quantitative estimate of drug-likeness (QED) is 0.548. The fourth-order valence-electron chi connectivity index (χ4n) is 2.86. The summed E-state index contributed by atoms with van der Waals surface area (Å²) in [6.07, 6.45) is 0.264. The molecule has 1 aromatic heterocycles. The Bertz CT molecular complexity index is 807. The van der Waals surface area contributed by atoms with Crippen LogP contribution in [0, 0.1) is 0 Å². The predicted octanol–water partition coefficient (Wildman–Crippen LogP) is 3.53. The van der Waals surface area contributed by atoms with Crippen LogP contribution in [0.3, 0.4) is 0 Å². The van der Waals surface area contributed by atoms with Gasteiger partial charge in [0.1, 0.15) is 12.4 Å². The first-order valence-electron chi connectivity index (χ1n) is 9.07. The van der Waals surface area contributed by atoms with Crippen molar-refractivity contribution in [1.29, 1.82) is 0 Å². The van der Waals surface area contributed by atoms with Crippen LogP contribution < -0.4 is 10.1 Å². The van der Waals surface area contributed by atoms with E-state index in [0.29, 0.717) is 24.8 Å². The van der Waals surface area contributed by atoms with Crippen molar-refractivity contribution in [2.75, 3.05) is 19.8 Å². The summed E-state index contributed by atoms with van der Waals surface area (Å²) in [6.45, 7) is 1.30. The maximum Gasteiger partial charge on any atom is 0.490 e. The Kier molecular flexibility index (Phi) is 6.51. The Hall–Kier alpha value is -2.61. The van der Waals surface area contributed by atoms with E-state index in [1.807, 2.05) is 30.3 Å². The molecule has 5 nitrogen and oxygen atoms in total. The zero-order valence-corrected chi connectivity index (χ0v) is 15.2. The van der Waals surface area contributed by atoms with Crippen molar-refractivity contribution in [3.8, 4) is 16.9 Å². The highest BCUT2D eigenvalue weighted by atomic mass is 19.4. The number of ether oxygens (including phenoxy) is 2. The van der Waals surface area contributed by atoms with Gasteiger partial charge in [-0.05, 0) is 43.0 Å². The summed E-state index contributed by atoms with van der Waals surface area (Å²) in [4.78, 5) is 15.0. The summed E-state index contributed by atoms with van der Waals surface area (Å²) in [5.74, 6) is -1.49. The molecule has 2 heterocycles. The van der Waals surface area contributed by atoms with E-state index < -0.39 is 12.1 Å². The Balaban J connectivity index is 1.60. The first-order chi connectivity index (χ1) is 13.4. The highest BCUT2D eigenvalue weighted by molar-refractivity contribution is 5.75. The number of nitrogens with one attached hydrogen (secondary N) is 1. The summed E-state index contributed by atoms with van der Waals surface area (Å²) >= 11 is 0. The van der Waals surface area contributed by atoms with Gasteiger partial charge in [0.15, 0.2) is 0 Å². The van der Waals surface area contributed by atoms with Gasteiger partial charge in [0.25, 0.3) is 0 Å². The van der Waals surface area contributed by atoms with Gasteiger partial charge in [0.2, 0.25) is 0 Å². The van der Waals surface area contributed by atoms with Crippen LogP contribution in [-0.2, 0) is 16.0 Å². The van der Waals surface area contributed by atoms with E-state index in [-0.39, 0.29) is 13.0 Å². The topological polar surface area (TPSA) is 60.5 Å². The van der Waals surface area contributed by atoms with E-state index in [1.54, 1.807) is 12.4 Å². The fourth-order valence-corrected chi connectivity index (χ4v) is 2.86. The van der Waals surface area contributed by atoms with Crippen molar-refractivity contribution in [3.63, 3.8) is 0 Å². The van der Waals surface area contributed by atoms with Crippen molar-refractivity contribution >= 4 is 5.97 Å². The van der Waals surface area contributed by atoms with E-state index in [0.717, 1.165) is 29.7 Å². The van der Waals surface area contributed by atoms with Gasteiger partial charge in [0, 0.05) is 17.8 Å². The first-order valence-corrected chi connectivity index (χ1v) is 9.07. The van der Waals surface area contributed by atoms with Gasteiger partial charge in [-0.15, -0.1) is 0 Å². The summed E-state index contributed by atoms with van der Waals surface area (Å²) in [7, 11) is 0. The Morgan fingerprint density at radius 1 is 1.25 bits per heavy atom. The van der Waals surface area contributed by atoms with Gasteiger partial charge in [-0.1, -0.05) is 24.3 Å². The molecule has 1 saturated heterocycles. The van der Waals surface area contributed by atoms with Crippen LogP contribution >= 0.6 is 0 Å². The van der Waals surface area contributed by atoms with Crippen LogP contribution in [0.2, 0.25) is 0 Å².